The summed E-state index contributed by atoms with van der Waals surface area (Å²) in [4.78, 5) is 10.8. The maximum absolute atomic E-state index is 13.0. The van der Waals surface area contributed by atoms with Gasteiger partial charge in [-0.3, -0.25) is 0 Å². The van der Waals surface area contributed by atoms with Crippen LogP contribution in [0.15, 0.2) is 18.3 Å². The summed E-state index contributed by atoms with van der Waals surface area (Å²) in [5, 5.41) is 3.69. The molecular formula is C12H14FN5O. The van der Waals surface area contributed by atoms with E-state index in [2.05, 4.69) is 20.0 Å². The molecule has 0 unspecified atom stereocenters. The lowest BCUT2D eigenvalue weighted by Gasteiger charge is -2.28. The van der Waals surface area contributed by atoms with Gasteiger partial charge in [0.25, 0.3) is 5.95 Å². The molecule has 3 rings (SSSR count). The average molecular weight is 263 g/mol. The highest BCUT2D eigenvalue weighted by atomic mass is 19.1. The molecule has 6 nitrogen and oxygen atoms in total. The Balaban J connectivity index is 1.95. The van der Waals surface area contributed by atoms with Gasteiger partial charge in [-0.05, 0) is 6.92 Å². The molecular weight excluding hydrogens is 249 g/mol. The average Bonchev–Trinajstić information content (AvgIpc) is 2.86. The second-order valence-corrected chi connectivity index (χ2v) is 4.35. The number of nitrogens with zero attached hydrogens (tertiary/aromatic N) is 5. The largest absolute Gasteiger partial charge is 0.378 e. The lowest BCUT2D eigenvalue weighted by molar-refractivity contribution is 0.122. The van der Waals surface area contributed by atoms with Gasteiger partial charge < -0.3 is 9.64 Å². The molecule has 0 atom stereocenters. The van der Waals surface area contributed by atoms with Crippen LogP contribution in [-0.4, -0.2) is 46.1 Å². The van der Waals surface area contributed by atoms with Crippen LogP contribution < -0.4 is 4.90 Å². The molecule has 1 aliphatic rings. The smallest absolute Gasteiger partial charge is 0.252 e. The number of hydrogen-bond acceptors (Lipinski definition) is 5. The molecule has 0 aromatic carbocycles. The summed E-state index contributed by atoms with van der Waals surface area (Å²) in [6, 6.07) is 3.19. The van der Waals surface area contributed by atoms with Crippen molar-refractivity contribution < 1.29 is 9.13 Å². The monoisotopic (exact) mass is 263 g/mol. The second-order valence-electron chi connectivity index (χ2n) is 4.35. The standard InChI is InChI=1S/C12H14FN5O/c1-9-8-11(17-4-6-19-7-5-17)15-12(14-9)18-3-2-10(13)16-18/h2-3,8H,4-7H2,1H3. The number of ether oxygens (including phenoxy) is 1. The van der Waals surface area contributed by atoms with Crippen molar-refractivity contribution in [2.24, 2.45) is 0 Å². The van der Waals surface area contributed by atoms with E-state index in [1.165, 1.54) is 16.9 Å². The zero-order valence-corrected chi connectivity index (χ0v) is 10.6. The number of hydrogen-bond donors (Lipinski definition) is 0. The molecule has 2 aromatic rings. The lowest BCUT2D eigenvalue weighted by atomic mass is 10.3. The minimum Gasteiger partial charge on any atom is -0.378 e. The topological polar surface area (TPSA) is 56.1 Å². The van der Waals surface area contributed by atoms with Gasteiger partial charge in [0.1, 0.15) is 5.82 Å². The summed E-state index contributed by atoms with van der Waals surface area (Å²) in [5.41, 5.74) is 0.822. The van der Waals surface area contributed by atoms with E-state index < -0.39 is 5.95 Å². The van der Waals surface area contributed by atoms with Gasteiger partial charge in [-0.1, -0.05) is 0 Å². The number of aryl methyl sites for hydroxylation is 1. The molecule has 19 heavy (non-hydrogen) atoms. The first-order valence-corrected chi connectivity index (χ1v) is 6.12. The van der Waals surface area contributed by atoms with Crippen molar-refractivity contribution in [1.29, 1.82) is 0 Å². The van der Waals surface area contributed by atoms with E-state index in [4.69, 9.17) is 4.74 Å². The van der Waals surface area contributed by atoms with Gasteiger partial charge in [-0.2, -0.15) is 9.37 Å². The number of morpholine rings is 1. The van der Waals surface area contributed by atoms with Crippen molar-refractivity contribution in [3.8, 4) is 5.95 Å². The molecule has 7 heteroatoms. The lowest BCUT2D eigenvalue weighted by Crippen LogP contribution is -2.37. The van der Waals surface area contributed by atoms with E-state index >= 15 is 0 Å². The number of rotatable bonds is 2. The normalized spacial score (nSPS) is 15.8. The molecule has 0 aliphatic carbocycles. The van der Waals surface area contributed by atoms with Gasteiger partial charge in [0.2, 0.25) is 5.95 Å². The Kier molecular flexibility index (Phi) is 3.12. The maximum atomic E-state index is 13.0. The summed E-state index contributed by atoms with van der Waals surface area (Å²) in [6.45, 7) is 4.85. The molecule has 2 aromatic heterocycles. The van der Waals surface area contributed by atoms with Crippen LogP contribution in [0.5, 0.6) is 0 Å². The Bertz CT molecular complexity index is 579. The van der Waals surface area contributed by atoms with Crippen LogP contribution in [0.1, 0.15) is 5.69 Å². The molecule has 1 fully saturated rings. The fraction of sp³-hybridized carbons (Fsp3) is 0.417. The molecule has 0 spiro atoms. The first-order chi connectivity index (χ1) is 9.22. The van der Waals surface area contributed by atoms with Crippen LogP contribution in [0, 0.1) is 12.9 Å². The van der Waals surface area contributed by atoms with Crippen molar-refractivity contribution in [3.63, 3.8) is 0 Å². The van der Waals surface area contributed by atoms with Gasteiger partial charge in [-0.25, -0.2) is 9.67 Å². The molecule has 3 heterocycles. The van der Waals surface area contributed by atoms with E-state index in [0.29, 0.717) is 19.2 Å². The Morgan fingerprint density at radius 2 is 2.05 bits per heavy atom. The summed E-state index contributed by atoms with van der Waals surface area (Å²) in [6.07, 6.45) is 1.51. The quantitative estimate of drug-likeness (QED) is 0.807. The number of anilines is 1. The highest BCUT2D eigenvalue weighted by Crippen LogP contribution is 2.15. The van der Waals surface area contributed by atoms with Crippen molar-refractivity contribution in [3.05, 3.63) is 30.0 Å². The third-order valence-corrected chi connectivity index (χ3v) is 2.93. The summed E-state index contributed by atoms with van der Waals surface area (Å²) in [5.74, 6) is 0.658. The van der Waals surface area contributed by atoms with Gasteiger partial charge in [0, 0.05) is 37.1 Å². The van der Waals surface area contributed by atoms with Crippen molar-refractivity contribution in [2.45, 2.75) is 6.92 Å². The van der Waals surface area contributed by atoms with Gasteiger partial charge in [-0.15, -0.1) is 5.10 Å². The fourth-order valence-corrected chi connectivity index (χ4v) is 2.01. The first-order valence-electron chi connectivity index (χ1n) is 6.12. The zero-order chi connectivity index (χ0) is 13.2. The van der Waals surface area contributed by atoms with Crippen molar-refractivity contribution in [2.75, 3.05) is 31.2 Å². The van der Waals surface area contributed by atoms with E-state index in [1.54, 1.807) is 0 Å². The molecule has 100 valence electrons. The zero-order valence-electron chi connectivity index (χ0n) is 10.6. The minimum atomic E-state index is -0.543. The van der Waals surface area contributed by atoms with E-state index in [-0.39, 0.29) is 0 Å². The van der Waals surface area contributed by atoms with Crippen molar-refractivity contribution in [1.82, 2.24) is 19.7 Å². The highest BCUT2D eigenvalue weighted by Gasteiger charge is 2.15. The van der Waals surface area contributed by atoms with E-state index in [9.17, 15) is 4.39 Å². The van der Waals surface area contributed by atoms with Gasteiger partial charge in [0.05, 0.1) is 13.2 Å². The third kappa shape index (κ3) is 2.55. The molecule has 1 saturated heterocycles. The van der Waals surface area contributed by atoms with Gasteiger partial charge in [0.15, 0.2) is 0 Å². The minimum absolute atomic E-state index is 0.380. The van der Waals surface area contributed by atoms with Gasteiger partial charge >= 0.3 is 0 Å². The third-order valence-electron chi connectivity index (χ3n) is 2.93. The van der Waals surface area contributed by atoms with Crippen molar-refractivity contribution >= 4 is 5.82 Å². The SMILES string of the molecule is Cc1cc(N2CCOCC2)nc(-n2ccc(F)n2)n1. The molecule has 0 saturated carbocycles. The highest BCUT2D eigenvalue weighted by molar-refractivity contribution is 5.42. The van der Waals surface area contributed by atoms with Crippen LogP contribution in [0.3, 0.4) is 0 Å². The molecule has 0 amide bonds. The number of halogens is 1. The van der Waals surface area contributed by atoms with Crippen LogP contribution in [0.25, 0.3) is 5.95 Å². The summed E-state index contributed by atoms with van der Waals surface area (Å²) < 4.78 is 19.6. The fourth-order valence-electron chi connectivity index (χ4n) is 2.01. The Hall–Kier alpha value is -2.02. The number of aromatic nitrogens is 4. The van der Waals surface area contributed by atoms with Crippen LogP contribution in [0.4, 0.5) is 10.2 Å². The maximum Gasteiger partial charge on any atom is 0.252 e. The Morgan fingerprint density at radius 3 is 2.74 bits per heavy atom. The van der Waals surface area contributed by atoms with Crippen LogP contribution in [0.2, 0.25) is 0 Å². The first kappa shape index (κ1) is 12.0. The molecule has 1 aliphatic heterocycles. The summed E-state index contributed by atoms with van der Waals surface area (Å²) >= 11 is 0. The molecule has 0 N–H and O–H groups in total. The predicted octanol–water partition coefficient (Wildman–Crippen LogP) is 0.946. The Morgan fingerprint density at radius 1 is 1.26 bits per heavy atom. The van der Waals surface area contributed by atoms with E-state index in [0.717, 1.165) is 24.6 Å². The Labute approximate surface area is 109 Å². The second kappa shape index (κ2) is 4.93. The van der Waals surface area contributed by atoms with Crippen LogP contribution in [-0.2, 0) is 4.74 Å². The molecule has 0 bridgehead atoms. The predicted molar refractivity (Wildman–Crippen MR) is 66.9 cm³/mol. The van der Waals surface area contributed by atoms with E-state index in [1.807, 2.05) is 13.0 Å². The molecule has 0 radical (unpaired) electrons. The van der Waals surface area contributed by atoms with Crippen LogP contribution >= 0.6 is 0 Å². The summed E-state index contributed by atoms with van der Waals surface area (Å²) in [7, 11) is 0.